The summed E-state index contributed by atoms with van der Waals surface area (Å²) >= 11 is 0. The van der Waals surface area contributed by atoms with Crippen molar-refractivity contribution in [2.45, 2.75) is 45.1 Å². The topological polar surface area (TPSA) is 52.7 Å². The van der Waals surface area contributed by atoms with Gasteiger partial charge in [-0.25, -0.2) is 4.98 Å². The molecule has 0 aliphatic heterocycles. The molecule has 5 heteroatoms. The molecule has 0 unspecified atom stereocenters. The Morgan fingerprint density at radius 2 is 1.96 bits per heavy atom. The van der Waals surface area contributed by atoms with Crippen LogP contribution in [0.2, 0.25) is 0 Å². The fourth-order valence-corrected chi connectivity index (χ4v) is 3.24. The van der Waals surface area contributed by atoms with E-state index in [0.717, 1.165) is 35.3 Å². The van der Waals surface area contributed by atoms with Gasteiger partial charge in [0.05, 0.1) is 17.1 Å². The number of nitrogens with zero attached hydrogens (tertiary/aromatic N) is 4. The molecule has 1 aromatic carbocycles. The van der Waals surface area contributed by atoms with Gasteiger partial charge in [-0.05, 0) is 24.5 Å². The highest BCUT2D eigenvalue weighted by Gasteiger charge is 2.32. The van der Waals surface area contributed by atoms with Crippen LogP contribution in [0.3, 0.4) is 0 Å². The molecular formula is C19H22N4O. The standard InChI is InChI=1S/C19H22N4O/c1-19(2,3)18-21-15-7-5-6-14(12-10-20-22(4)11-12)16(15)17(24)23(18)13-8-9-13/h5-7,10-11,13H,8-9H2,1-4H3. The van der Waals surface area contributed by atoms with Crippen LogP contribution in [0.1, 0.15) is 45.5 Å². The van der Waals surface area contributed by atoms with Crippen molar-refractivity contribution in [1.29, 1.82) is 0 Å². The van der Waals surface area contributed by atoms with Crippen LogP contribution in [0.4, 0.5) is 0 Å². The Bertz CT molecular complexity index is 987. The minimum Gasteiger partial charge on any atom is -0.293 e. The second kappa shape index (κ2) is 5.03. The van der Waals surface area contributed by atoms with E-state index in [2.05, 4.69) is 25.9 Å². The summed E-state index contributed by atoms with van der Waals surface area (Å²) in [5.74, 6) is 0.880. The highest BCUT2D eigenvalue weighted by Crippen LogP contribution is 2.38. The smallest absolute Gasteiger partial charge is 0.262 e. The molecule has 0 bridgehead atoms. The Morgan fingerprint density at radius 3 is 2.54 bits per heavy atom. The molecule has 24 heavy (non-hydrogen) atoms. The van der Waals surface area contributed by atoms with Crippen LogP contribution in [-0.4, -0.2) is 19.3 Å². The van der Waals surface area contributed by atoms with Crippen LogP contribution in [0.15, 0.2) is 35.4 Å². The zero-order valence-electron chi connectivity index (χ0n) is 14.6. The first-order valence-electron chi connectivity index (χ1n) is 8.41. The third-order valence-electron chi connectivity index (χ3n) is 4.53. The van der Waals surface area contributed by atoms with Gasteiger partial charge in [0.1, 0.15) is 5.82 Å². The quantitative estimate of drug-likeness (QED) is 0.726. The summed E-state index contributed by atoms with van der Waals surface area (Å²) in [6.45, 7) is 6.35. The first-order chi connectivity index (χ1) is 11.4. The van der Waals surface area contributed by atoms with E-state index in [1.165, 1.54) is 0 Å². The maximum Gasteiger partial charge on any atom is 0.262 e. The van der Waals surface area contributed by atoms with Gasteiger partial charge in [-0.15, -0.1) is 0 Å². The zero-order chi connectivity index (χ0) is 17.1. The number of hydrogen-bond donors (Lipinski definition) is 0. The molecule has 2 heterocycles. The molecule has 124 valence electrons. The summed E-state index contributed by atoms with van der Waals surface area (Å²) in [5, 5.41) is 4.94. The number of rotatable bonds is 2. The van der Waals surface area contributed by atoms with Gasteiger partial charge >= 0.3 is 0 Å². The van der Waals surface area contributed by atoms with Crippen molar-refractivity contribution >= 4 is 10.9 Å². The molecule has 1 saturated carbocycles. The van der Waals surface area contributed by atoms with Gasteiger partial charge in [-0.2, -0.15) is 5.10 Å². The third kappa shape index (κ3) is 2.35. The van der Waals surface area contributed by atoms with E-state index >= 15 is 0 Å². The van der Waals surface area contributed by atoms with E-state index in [9.17, 15) is 4.79 Å². The van der Waals surface area contributed by atoms with Crippen molar-refractivity contribution < 1.29 is 0 Å². The summed E-state index contributed by atoms with van der Waals surface area (Å²) in [5.41, 5.74) is 2.54. The second-order valence-electron chi connectivity index (χ2n) is 7.69. The molecule has 2 aromatic heterocycles. The molecular weight excluding hydrogens is 300 g/mol. The molecule has 0 N–H and O–H groups in total. The maximum absolute atomic E-state index is 13.4. The average molecular weight is 322 g/mol. The van der Waals surface area contributed by atoms with Gasteiger partial charge in [0, 0.05) is 30.3 Å². The minimum absolute atomic E-state index is 0.0758. The molecule has 1 aliphatic rings. The Labute approximate surface area is 141 Å². The fourth-order valence-electron chi connectivity index (χ4n) is 3.24. The summed E-state index contributed by atoms with van der Waals surface area (Å²) < 4.78 is 3.69. The van der Waals surface area contributed by atoms with Gasteiger partial charge in [-0.3, -0.25) is 14.0 Å². The monoisotopic (exact) mass is 322 g/mol. The number of benzene rings is 1. The lowest BCUT2D eigenvalue weighted by Gasteiger charge is -2.23. The predicted octanol–water partition coefficient (Wildman–Crippen LogP) is 3.43. The number of fused-ring (bicyclic) bond motifs is 1. The van der Waals surface area contributed by atoms with Crippen LogP contribution in [0.5, 0.6) is 0 Å². The third-order valence-corrected chi connectivity index (χ3v) is 4.53. The van der Waals surface area contributed by atoms with Crippen molar-refractivity contribution in [3.63, 3.8) is 0 Å². The van der Waals surface area contributed by atoms with Crippen molar-refractivity contribution in [1.82, 2.24) is 19.3 Å². The van der Waals surface area contributed by atoms with Gasteiger partial charge in [0.2, 0.25) is 0 Å². The van der Waals surface area contributed by atoms with Crippen molar-refractivity contribution in [3.8, 4) is 11.1 Å². The Balaban J connectivity index is 2.09. The molecule has 4 rings (SSSR count). The van der Waals surface area contributed by atoms with Crippen LogP contribution in [0, 0.1) is 0 Å². The van der Waals surface area contributed by atoms with Crippen molar-refractivity contribution in [2.75, 3.05) is 0 Å². The molecule has 1 fully saturated rings. The highest BCUT2D eigenvalue weighted by atomic mass is 16.1. The Morgan fingerprint density at radius 1 is 1.21 bits per heavy atom. The lowest BCUT2D eigenvalue weighted by atomic mass is 9.94. The Kier molecular flexibility index (Phi) is 3.17. The number of hydrogen-bond acceptors (Lipinski definition) is 3. The van der Waals surface area contributed by atoms with Gasteiger partial charge in [0.15, 0.2) is 0 Å². The SMILES string of the molecule is Cn1cc(-c2cccc3nc(C(C)(C)C)n(C4CC4)c(=O)c23)cn1. The van der Waals surface area contributed by atoms with E-state index in [0.29, 0.717) is 11.4 Å². The molecule has 0 atom stereocenters. The molecule has 0 radical (unpaired) electrons. The van der Waals surface area contributed by atoms with Crippen molar-refractivity contribution in [3.05, 3.63) is 46.8 Å². The molecule has 5 nitrogen and oxygen atoms in total. The van der Waals surface area contributed by atoms with Crippen LogP contribution in [0.25, 0.3) is 22.0 Å². The average Bonchev–Trinajstić information content (AvgIpc) is 3.26. The zero-order valence-corrected chi connectivity index (χ0v) is 14.6. The van der Waals surface area contributed by atoms with Crippen LogP contribution in [-0.2, 0) is 12.5 Å². The lowest BCUT2D eigenvalue weighted by molar-refractivity contribution is 0.485. The van der Waals surface area contributed by atoms with Gasteiger partial charge in [-0.1, -0.05) is 32.9 Å². The summed E-state index contributed by atoms with van der Waals surface area (Å²) in [4.78, 5) is 18.3. The first-order valence-corrected chi connectivity index (χ1v) is 8.41. The molecule has 0 amide bonds. The van der Waals surface area contributed by atoms with E-state index in [4.69, 9.17) is 4.98 Å². The number of aryl methyl sites for hydroxylation is 1. The van der Waals surface area contributed by atoms with Crippen LogP contribution < -0.4 is 5.56 Å². The van der Waals surface area contributed by atoms with Crippen molar-refractivity contribution in [2.24, 2.45) is 7.05 Å². The normalized spacial score (nSPS) is 15.2. The maximum atomic E-state index is 13.4. The minimum atomic E-state index is -0.166. The fraction of sp³-hybridized carbons (Fsp3) is 0.421. The summed E-state index contributed by atoms with van der Waals surface area (Å²) in [6.07, 6.45) is 5.86. The predicted molar refractivity (Wildman–Crippen MR) is 95.2 cm³/mol. The van der Waals surface area contributed by atoms with E-state index < -0.39 is 0 Å². The first kappa shape index (κ1) is 15.1. The lowest BCUT2D eigenvalue weighted by Crippen LogP contribution is -2.31. The van der Waals surface area contributed by atoms with E-state index in [1.54, 1.807) is 10.9 Å². The molecule has 0 saturated heterocycles. The second-order valence-corrected chi connectivity index (χ2v) is 7.69. The number of aromatic nitrogens is 4. The van der Waals surface area contributed by atoms with E-state index in [1.807, 2.05) is 36.0 Å². The Hall–Kier alpha value is -2.43. The molecule has 1 aliphatic carbocycles. The largest absolute Gasteiger partial charge is 0.293 e. The molecule has 3 aromatic rings. The molecule has 0 spiro atoms. The van der Waals surface area contributed by atoms with E-state index in [-0.39, 0.29) is 11.0 Å². The summed E-state index contributed by atoms with van der Waals surface area (Å²) in [7, 11) is 1.88. The van der Waals surface area contributed by atoms with Gasteiger partial charge in [0.25, 0.3) is 5.56 Å². The summed E-state index contributed by atoms with van der Waals surface area (Å²) in [6, 6.07) is 6.18. The van der Waals surface area contributed by atoms with Crippen LogP contribution >= 0.6 is 0 Å². The van der Waals surface area contributed by atoms with Gasteiger partial charge < -0.3 is 0 Å². The highest BCUT2D eigenvalue weighted by molar-refractivity contribution is 5.93.